The predicted molar refractivity (Wildman–Crippen MR) is 101 cm³/mol. The summed E-state index contributed by atoms with van der Waals surface area (Å²) < 4.78 is 0. The molecule has 0 atom stereocenters. The van der Waals surface area contributed by atoms with E-state index in [0.29, 0.717) is 39.0 Å². The topological polar surface area (TPSA) is 58.1 Å². The second kappa shape index (κ2) is 7.58. The second-order valence-corrected chi connectivity index (χ2v) is 7.20. The molecule has 1 aromatic heterocycles. The summed E-state index contributed by atoms with van der Waals surface area (Å²) in [6.07, 6.45) is 2.05. The van der Waals surface area contributed by atoms with Gasteiger partial charge in [0.25, 0.3) is 5.91 Å². The van der Waals surface area contributed by atoms with Crippen LogP contribution in [0.5, 0.6) is 0 Å². The summed E-state index contributed by atoms with van der Waals surface area (Å²) in [5.41, 5.74) is 0.946. The molecule has 0 aliphatic carbocycles. The highest BCUT2D eigenvalue weighted by Crippen LogP contribution is 2.32. The van der Waals surface area contributed by atoms with Crippen LogP contribution in [0.3, 0.4) is 0 Å². The first-order valence-corrected chi connectivity index (χ1v) is 9.05. The van der Waals surface area contributed by atoms with E-state index in [1.807, 2.05) is 4.90 Å². The molecule has 2 aromatic rings. The van der Waals surface area contributed by atoms with Crippen molar-refractivity contribution in [2.75, 3.05) is 18.4 Å². The SMILES string of the molecule is Cc1nc(Nc2c(Cl)cccc2Cl)cc(C(=O)N2CCC(C)CC2)n1. The lowest BCUT2D eigenvalue weighted by Gasteiger charge is -2.30. The van der Waals surface area contributed by atoms with Gasteiger partial charge in [0.1, 0.15) is 17.3 Å². The fourth-order valence-electron chi connectivity index (χ4n) is 2.86. The molecule has 1 fully saturated rings. The zero-order chi connectivity index (χ0) is 18.0. The average molecular weight is 379 g/mol. The fourth-order valence-corrected chi connectivity index (χ4v) is 3.35. The number of likely N-dealkylation sites (tertiary alicyclic amines) is 1. The van der Waals surface area contributed by atoms with E-state index in [0.717, 1.165) is 25.9 Å². The first kappa shape index (κ1) is 18.0. The van der Waals surface area contributed by atoms with Crippen LogP contribution in [0.15, 0.2) is 24.3 Å². The highest BCUT2D eigenvalue weighted by molar-refractivity contribution is 6.39. The first-order chi connectivity index (χ1) is 11.9. The molecule has 1 saturated heterocycles. The number of para-hydroxylation sites is 1. The average Bonchev–Trinajstić information content (AvgIpc) is 2.58. The molecular weight excluding hydrogens is 359 g/mol. The van der Waals surface area contributed by atoms with Gasteiger partial charge >= 0.3 is 0 Å². The van der Waals surface area contributed by atoms with E-state index in [1.165, 1.54) is 0 Å². The van der Waals surface area contributed by atoms with E-state index in [2.05, 4.69) is 22.2 Å². The van der Waals surface area contributed by atoms with Gasteiger partial charge in [-0.05, 0) is 37.8 Å². The number of carbonyl (C=O) groups is 1. The molecular formula is C18H20Cl2N4O. The molecule has 132 valence electrons. The third-order valence-corrected chi connectivity index (χ3v) is 4.97. The number of benzene rings is 1. The van der Waals surface area contributed by atoms with Gasteiger partial charge in [-0.25, -0.2) is 9.97 Å². The fraction of sp³-hybridized carbons (Fsp3) is 0.389. The van der Waals surface area contributed by atoms with E-state index in [1.54, 1.807) is 31.2 Å². The molecule has 1 amide bonds. The standard InChI is InChI=1S/C18H20Cl2N4O/c1-11-6-8-24(9-7-11)18(25)15-10-16(22-12(2)21-15)23-17-13(19)4-3-5-14(17)20/h3-5,10-11H,6-9H2,1-2H3,(H,21,22,23). The van der Waals surface area contributed by atoms with E-state index in [-0.39, 0.29) is 5.91 Å². The normalized spacial score (nSPS) is 15.3. The molecule has 5 nitrogen and oxygen atoms in total. The molecule has 0 saturated carbocycles. The van der Waals surface area contributed by atoms with Gasteiger partial charge in [0.05, 0.1) is 15.7 Å². The van der Waals surface area contributed by atoms with Crippen LogP contribution < -0.4 is 5.32 Å². The molecule has 0 radical (unpaired) electrons. The van der Waals surface area contributed by atoms with Crippen molar-refractivity contribution in [2.24, 2.45) is 5.92 Å². The monoisotopic (exact) mass is 378 g/mol. The molecule has 0 bridgehead atoms. The van der Waals surface area contributed by atoms with Gasteiger partial charge in [-0.1, -0.05) is 36.2 Å². The van der Waals surface area contributed by atoms with Crippen LogP contribution in [0.4, 0.5) is 11.5 Å². The highest BCUT2D eigenvalue weighted by atomic mass is 35.5. The minimum Gasteiger partial charge on any atom is -0.338 e. The number of nitrogens with zero attached hydrogens (tertiary/aromatic N) is 3. The van der Waals surface area contributed by atoms with Crippen LogP contribution in [0, 0.1) is 12.8 Å². The number of carbonyl (C=O) groups excluding carboxylic acids is 1. The molecule has 2 heterocycles. The molecule has 1 aliphatic rings. The predicted octanol–water partition coefficient (Wildman–Crippen LogP) is 4.71. The summed E-state index contributed by atoms with van der Waals surface area (Å²) in [5, 5.41) is 4.08. The maximum atomic E-state index is 12.8. The number of halogens is 2. The molecule has 1 aliphatic heterocycles. The number of anilines is 2. The smallest absolute Gasteiger partial charge is 0.272 e. The van der Waals surface area contributed by atoms with Crippen LogP contribution in [0.1, 0.15) is 36.1 Å². The van der Waals surface area contributed by atoms with Gasteiger partial charge in [-0.3, -0.25) is 4.79 Å². The third-order valence-electron chi connectivity index (χ3n) is 4.34. The summed E-state index contributed by atoms with van der Waals surface area (Å²) in [5.74, 6) is 1.61. The Bertz CT molecular complexity index is 768. The Balaban J connectivity index is 1.84. The van der Waals surface area contributed by atoms with Crippen LogP contribution in [0.2, 0.25) is 10.0 Å². The van der Waals surface area contributed by atoms with Crippen molar-refractivity contribution in [3.63, 3.8) is 0 Å². The number of nitrogens with one attached hydrogen (secondary N) is 1. The number of hydrogen-bond acceptors (Lipinski definition) is 4. The Kier molecular flexibility index (Phi) is 5.45. The lowest BCUT2D eigenvalue weighted by Crippen LogP contribution is -2.38. The summed E-state index contributed by atoms with van der Waals surface area (Å²) in [6, 6.07) is 6.90. The van der Waals surface area contributed by atoms with Crippen molar-refractivity contribution in [2.45, 2.75) is 26.7 Å². The highest BCUT2D eigenvalue weighted by Gasteiger charge is 2.23. The van der Waals surface area contributed by atoms with E-state index >= 15 is 0 Å². The number of hydrogen-bond donors (Lipinski definition) is 1. The zero-order valence-corrected chi connectivity index (χ0v) is 15.7. The number of aromatic nitrogens is 2. The molecule has 1 aromatic carbocycles. The summed E-state index contributed by atoms with van der Waals surface area (Å²) >= 11 is 12.4. The Morgan fingerprint density at radius 3 is 2.48 bits per heavy atom. The molecule has 25 heavy (non-hydrogen) atoms. The van der Waals surface area contributed by atoms with Gasteiger partial charge < -0.3 is 10.2 Å². The van der Waals surface area contributed by atoms with E-state index in [9.17, 15) is 4.79 Å². The van der Waals surface area contributed by atoms with Crippen LogP contribution in [-0.4, -0.2) is 33.9 Å². The zero-order valence-electron chi connectivity index (χ0n) is 14.2. The van der Waals surface area contributed by atoms with Crippen molar-refractivity contribution in [1.29, 1.82) is 0 Å². The minimum atomic E-state index is -0.0642. The molecule has 0 spiro atoms. The molecule has 0 unspecified atom stereocenters. The first-order valence-electron chi connectivity index (χ1n) is 8.30. The lowest BCUT2D eigenvalue weighted by molar-refractivity contribution is 0.0691. The van der Waals surface area contributed by atoms with Gasteiger partial charge in [0, 0.05) is 19.2 Å². The van der Waals surface area contributed by atoms with E-state index < -0.39 is 0 Å². The molecule has 7 heteroatoms. The number of aryl methyl sites for hydroxylation is 1. The lowest BCUT2D eigenvalue weighted by atomic mass is 9.99. The van der Waals surface area contributed by atoms with Crippen molar-refractivity contribution >= 4 is 40.6 Å². The second-order valence-electron chi connectivity index (χ2n) is 6.38. The van der Waals surface area contributed by atoms with Crippen LogP contribution in [0.25, 0.3) is 0 Å². The van der Waals surface area contributed by atoms with Crippen LogP contribution >= 0.6 is 23.2 Å². The summed E-state index contributed by atoms with van der Waals surface area (Å²) in [4.78, 5) is 23.3. The van der Waals surface area contributed by atoms with Crippen molar-refractivity contribution in [3.8, 4) is 0 Å². The largest absolute Gasteiger partial charge is 0.338 e. The maximum absolute atomic E-state index is 12.8. The Morgan fingerprint density at radius 1 is 1.20 bits per heavy atom. The van der Waals surface area contributed by atoms with Gasteiger partial charge in [0.2, 0.25) is 0 Å². The van der Waals surface area contributed by atoms with Gasteiger partial charge in [0.15, 0.2) is 0 Å². The van der Waals surface area contributed by atoms with Crippen molar-refractivity contribution < 1.29 is 4.79 Å². The molecule has 3 rings (SSSR count). The maximum Gasteiger partial charge on any atom is 0.272 e. The van der Waals surface area contributed by atoms with Crippen molar-refractivity contribution in [1.82, 2.24) is 14.9 Å². The minimum absolute atomic E-state index is 0.0642. The number of rotatable bonds is 3. The Labute approximate surface area is 157 Å². The van der Waals surface area contributed by atoms with Gasteiger partial charge in [-0.15, -0.1) is 0 Å². The summed E-state index contributed by atoms with van der Waals surface area (Å²) in [6.45, 7) is 5.50. The van der Waals surface area contributed by atoms with Crippen LogP contribution in [-0.2, 0) is 0 Å². The Morgan fingerprint density at radius 2 is 1.84 bits per heavy atom. The van der Waals surface area contributed by atoms with Gasteiger partial charge in [-0.2, -0.15) is 0 Å². The van der Waals surface area contributed by atoms with E-state index in [4.69, 9.17) is 23.2 Å². The third kappa shape index (κ3) is 4.22. The number of piperidine rings is 1. The molecule has 1 N–H and O–H groups in total. The Hall–Kier alpha value is -1.85. The summed E-state index contributed by atoms with van der Waals surface area (Å²) in [7, 11) is 0. The number of amides is 1. The van der Waals surface area contributed by atoms with Crippen molar-refractivity contribution in [3.05, 3.63) is 45.8 Å². The quantitative estimate of drug-likeness (QED) is 0.839.